The second-order valence-electron chi connectivity index (χ2n) is 6.72. The molecule has 3 aromatic carbocycles. The number of amides is 1. The number of ether oxygens (including phenoxy) is 3. The molecular formula is C23H16Br2N2O5. The lowest BCUT2D eigenvalue weighted by atomic mass is 10.1. The molecule has 0 aliphatic carbocycles. The molecule has 1 aliphatic rings. The molecule has 162 valence electrons. The molecule has 0 saturated carbocycles. The average Bonchev–Trinajstić information content (AvgIpc) is 3.24. The first-order valence-electron chi connectivity index (χ1n) is 9.46. The summed E-state index contributed by atoms with van der Waals surface area (Å²) in [6.45, 7) is 0.114. The lowest BCUT2D eigenvalue weighted by Gasteiger charge is -2.11. The van der Waals surface area contributed by atoms with Gasteiger partial charge in [0.25, 0.3) is 0 Å². The van der Waals surface area contributed by atoms with Crippen LogP contribution in [0.2, 0.25) is 0 Å². The van der Waals surface area contributed by atoms with E-state index in [1.165, 1.54) is 6.21 Å². The molecule has 1 aliphatic heterocycles. The zero-order valence-electron chi connectivity index (χ0n) is 16.5. The summed E-state index contributed by atoms with van der Waals surface area (Å²) in [5, 5.41) is 4.01. The molecule has 1 N–H and O–H groups in total. The second-order valence-corrected chi connectivity index (χ2v) is 8.49. The zero-order valence-corrected chi connectivity index (χ0v) is 19.7. The third-order valence-corrected chi connectivity index (χ3v) is 5.49. The topological polar surface area (TPSA) is 86.2 Å². The summed E-state index contributed by atoms with van der Waals surface area (Å²) < 4.78 is 17.5. The summed E-state index contributed by atoms with van der Waals surface area (Å²) in [6.07, 6.45) is 1.62. The van der Waals surface area contributed by atoms with Crippen LogP contribution in [0.4, 0.5) is 0 Å². The lowest BCUT2D eigenvalue weighted by Crippen LogP contribution is -2.19. The Kier molecular flexibility index (Phi) is 6.87. The van der Waals surface area contributed by atoms with E-state index in [9.17, 15) is 9.59 Å². The fraction of sp³-hybridized carbons (Fsp3) is 0.0870. The molecular weight excluding hydrogens is 544 g/mol. The van der Waals surface area contributed by atoms with Gasteiger partial charge in [-0.05, 0) is 51.8 Å². The fourth-order valence-corrected chi connectivity index (χ4v) is 4.29. The molecule has 0 saturated heterocycles. The molecule has 0 spiro atoms. The summed E-state index contributed by atoms with van der Waals surface area (Å²) >= 11 is 6.82. The van der Waals surface area contributed by atoms with Gasteiger partial charge in [0.2, 0.25) is 12.7 Å². The summed E-state index contributed by atoms with van der Waals surface area (Å²) in [7, 11) is 0. The largest absolute Gasteiger partial charge is 0.454 e. The minimum atomic E-state index is -0.575. The molecule has 1 amide bonds. The fourth-order valence-electron chi connectivity index (χ4n) is 2.95. The SMILES string of the molecule is O=C(Cc1ccccc1)N/N=C\c1cc(Br)cc(Br)c1OC(=O)c1ccc2c(c1)OCO2. The van der Waals surface area contributed by atoms with Crippen LogP contribution in [0.25, 0.3) is 0 Å². The molecule has 0 unspecified atom stereocenters. The Morgan fingerprint density at radius 2 is 1.81 bits per heavy atom. The summed E-state index contributed by atoms with van der Waals surface area (Å²) in [6, 6.07) is 17.6. The van der Waals surface area contributed by atoms with Gasteiger partial charge in [-0.25, -0.2) is 10.2 Å². The van der Waals surface area contributed by atoms with Crippen LogP contribution in [-0.2, 0) is 11.2 Å². The van der Waals surface area contributed by atoms with E-state index in [4.69, 9.17) is 14.2 Å². The first kappa shape index (κ1) is 22.0. The first-order chi connectivity index (χ1) is 15.5. The van der Waals surface area contributed by atoms with Crippen LogP contribution in [0.1, 0.15) is 21.5 Å². The number of esters is 1. The van der Waals surface area contributed by atoms with E-state index in [1.54, 1.807) is 30.3 Å². The number of rotatable bonds is 6. The van der Waals surface area contributed by atoms with E-state index in [-0.39, 0.29) is 24.9 Å². The van der Waals surface area contributed by atoms with Gasteiger partial charge in [-0.15, -0.1) is 0 Å². The van der Waals surface area contributed by atoms with Crippen LogP contribution in [0.15, 0.2) is 74.7 Å². The molecule has 9 heteroatoms. The number of hydrogen-bond donors (Lipinski definition) is 1. The molecule has 1 heterocycles. The van der Waals surface area contributed by atoms with Gasteiger partial charge in [0.1, 0.15) is 0 Å². The van der Waals surface area contributed by atoms with E-state index >= 15 is 0 Å². The Labute approximate surface area is 200 Å². The highest BCUT2D eigenvalue weighted by atomic mass is 79.9. The Morgan fingerprint density at radius 3 is 2.62 bits per heavy atom. The van der Waals surface area contributed by atoms with Gasteiger partial charge < -0.3 is 14.2 Å². The van der Waals surface area contributed by atoms with Crippen LogP contribution in [0.3, 0.4) is 0 Å². The highest BCUT2D eigenvalue weighted by molar-refractivity contribution is 9.11. The monoisotopic (exact) mass is 558 g/mol. The van der Waals surface area contributed by atoms with E-state index in [0.717, 1.165) is 10.0 Å². The highest BCUT2D eigenvalue weighted by Gasteiger charge is 2.19. The Morgan fingerprint density at radius 1 is 1.03 bits per heavy atom. The summed E-state index contributed by atoms with van der Waals surface area (Å²) in [4.78, 5) is 24.8. The third kappa shape index (κ3) is 5.35. The Hall–Kier alpha value is -3.17. The van der Waals surface area contributed by atoms with E-state index in [1.807, 2.05) is 30.3 Å². The number of carbonyl (C=O) groups is 2. The zero-order chi connectivity index (χ0) is 22.5. The number of carbonyl (C=O) groups excluding carboxylic acids is 2. The molecule has 0 fully saturated rings. The third-order valence-electron chi connectivity index (χ3n) is 4.44. The van der Waals surface area contributed by atoms with E-state index < -0.39 is 5.97 Å². The summed E-state index contributed by atoms with van der Waals surface area (Å²) in [5.74, 6) is 0.481. The molecule has 0 bridgehead atoms. The maximum atomic E-state index is 12.7. The summed E-state index contributed by atoms with van der Waals surface area (Å²) in [5.41, 5.74) is 4.16. The molecule has 3 aromatic rings. The second kappa shape index (κ2) is 9.97. The van der Waals surface area contributed by atoms with Crippen LogP contribution >= 0.6 is 31.9 Å². The van der Waals surface area contributed by atoms with Crippen molar-refractivity contribution in [3.63, 3.8) is 0 Å². The van der Waals surface area contributed by atoms with Crippen molar-refractivity contribution in [3.05, 3.63) is 86.3 Å². The van der Waals surface area contributed by atoms with Crippen molar-refractivity contribution >= 4 is 50.0 Å². The van der Waals surface area contributed by atoms with Gasteiger partial charge in [-0.3, -0.25) is 4.79 Å². The quantitative estimate of drug-likeness (QED) is 0.202. The van der Waals surface area contributed by atoms with Crippen LogP contribution in [-0.4, -0.2) is 24.9 Å². The van der Waals surface area contributed by atoms with Crippen molar-refractivity contribution in [2.45, 2.75) is 6.42 Å². The van der Waals surface area contributed by atoms with Crippen molar-refractivity contribution in [2.75, 3.05) is 6.79 Å². The Bertz CT molecular complexity index is 1200. The normalized spacial score (nSPS) is 12.1. The maximum Gasteiger partial charge on any atom is 0.343 e. The van der Waals surface area contributed by atoms with Crippen molar-refractivity contribution in [3.8, 4) is 17.2 Å². The molecule has 32 heavy (non-hydrogen) atoms. The molecule has 0 radical (unpaired) electrons. The maximum absolute atomic E-state index is 12.7. The molecule has 0 aromatic heterocycles. The standard InChI is InChI=1S/C23H16Br2N2O5/c24-17-9-16(12-26-27-21(28)8-14-4-2-1-3-5-14)22(18(25)11-17)32-23(29)15-6-7-19-20(10-15)31-13-30-19/h1-7,9-12H,8,13H2,(H,27,28)/b26-12-. The minimum absolute atomic E-state index is 0.114. The Balaban J connectivity index is 1.48. The van der Waals surface area contributed by atoms with Crippen LogP contribution in [0.5, 0.6) is 17.2 Å². The molecule has 7 nitrogen and oxygen atoms in total. The van der Waals surface area contributed by atoms with E-state index in [0.29, 0.717) is 27.1 Å². The molecule has 0 atom stereocenters. The van der Waals surface area contributed by atoms with Gasteiger partial charge in [0.15, 0.2) is 17.2 Å². The van der Waals surface area contributed by atoms with Crippen molar-refractivity contribution < 1.29 is 23.8 Å². The number of nitrogens with zero attached hydrogens (tertiary/aromatic N) is 1. The number of benzene rings is 3. The average molecular weight is 560 g/mol. The minimum Gasteiger partial charge on any atom is -0.454 e. The van der Waals surface area contributed by atoms with Gasteiger partial charge in [0, 0.05) is 10.0 Å². The van der Waals surface area contributed by atoms with Crippen molar-refractivity contribution in [1.82, 2.24) is 5.43 Å². The van der Waals surface area contributed by atoms with Crippen LogP contribution in [0, 0.1) is 0 Å². The smallest absolute Gasteiger partial charge is 0.343 e. The van der Waals surface area contributed by atoms with Gasteiger partial charge in [0.05, 0.1) is 22.7 Å². The number of nitrogens with one attached hydrogen (secondary N) is 1. The number of halogens is 2. The van der Waals surface area contributed by atoms with Crippen LogP contribution < -0.4 is 19.6 Å². The predicted octanol–water partition coefficient (Wildman–Crippen LogP) is 4.85. The van der Waals surface area contributed by atoms with Gasteiger partial charge >= 0.3 is 5.97 Å². The van der Waals surface area contributed by atoms with Crippen molar-refractivity contribution in [1.29, 1.82) is 0 Å². The number of hydrogen-bond acceptors (Lipinski definition) is 6. The van der Waals surface area contributed by atoms with Gasteiger partial charge in [-0.1, -0.05) is 46.3 Å². The molecule has 4 rings (SSSR count). The first-order valence-corrected chi connectivity index (χ1v) is 11.0. The lowest BCUT2D eigenvalue weighted by molar-refractivity contribution is -0.120. The van der Waals surface area contributed by atoms with Crippen molar-refractivity contribution in [2.24, 2.45) is 5.10 Å². The van der Waals surface area contributed by atoms with Gasteiger partial charge in [-0.2, -0.15) is 5.10 Å². The highest BCUT2D eigenvalue weighted by Crippen LogP contribution is 2.35. The number of hydrazone groups is 1. The van der Waals surface area contributed by atoms with E-state index in [2.05, 4.69) is 42.4 Å². The predicted molar refractivity (Wildman–Crippen MR) is 125 cm³/mol. The number of fused-ring (bicyclic) bond motifs is 1.